The number of hydrogen-bond acceptors (Lipinski definition) is 10. The second-order valence-corrected chi connectivity index (χ2v) is 11.2. The van der Waals surface area contributed by atoms with Crippen molar-refractivity contribution in [1.82, 2.24) is 0 Å². The summed E-state index contributed by atoms with van der Waals surface area (Å²) < 4.78 is 16.3. The number of esters is 3. The molecular weight excluding hydrogens is 588 g/mol. The zero-order valence-corrected chi connectivity index (χ0v) is 26.9. The molecule has 0 heterocycles. The van der Waals surface area contributed by atoms with Crippen LogP contribution in [0.15, 0.2) is 58.5 Å². The van der Waals surface area contributed by atoms with Gasteiger partial charge in [-0.3, -0.25) is 14.4 Å². The van der Waals surface area contributed by atoms with Crippen molar-refractivity contribution >= 4 is 41.4 Å². The maximum Gasteiger partial charge on any atom is 0.311 e. The van der Waals surface area contributed by atoms with Gasteiger partial charge in [0.15, 0.2) is 0 Å². The van der Waals surface area contributed by atoms with E-state index in [0.717, 1.165) is 89.9 Å². The molecule has 2 rings (SSSR count). The smallest absolute Gasteiger partial charge is 0.311 e. The number of unbranched alkanes of at least 4 members (excludes halogenated alkanes) is 10. The Labute approximate surface area is 271 Å². The molecule has 0 bridgehead atoms. The summed E-state index contributed by atoms with van der Waals surface area (Å²) in [4.78, 5) is 64.3. The van der Waals surface area contributed by atoms with E-state index in [-0.39, 0.29) is 30.9 Å². The highest BCUT2D eigenvalue weighted by molar-refractivity contribution is 5.79. The van der Waals surface area contributed by atoms with Crippen molar-refractivity contribution in [2.75, 3.05) is 0 Å². The number of carbonyl (C=O) groups excluding carboxylic acids is 5. The highest BCUT2D eigenvalue weighted by Crippen LogP contribution is 2.21. The molecule has 2 aromatic rings. The van der Waals surface area contributed by atoms with E-state index in [1.165, 1.54) is 36.4 Å². The van der Waals surface area contributed by atoms with Gasteiger partial charge in [0, 0.05) is 6.42 Å². The molecule has 10 nitrogen and oxygen atoms in total. The Balaban J connectivity index is 1.57. The van der Waals surface area contributed by atoms with Crippen LogP contribution in [0.25, 0.3) is 0 Å². The lowest BCUT2D eigenvalue weighted by atomic mass is 10.0. The molecule has 0 unspecified atom stereocenters. The molecule has 0 aliphatic heterocycles. The summed E-state index contributed by atoms with van der Waals surface area (Å²) in [5.41, 5.74) is 0.868. The molecule has 0 spiro atoms. The summed E-state index contributed by atoms with van der Waals surface area (Å²) in [5.74, 6) is -0.451. The molecule has 46 heavy (non-hydrogen) atoms. The summed E-state index contributed by atoms with van der Waals surface area (Å²) in [5, 5.41) is 0. The number of hydrogen-bond donors (Lipinski definition) is 0. The summed E-state index contributed by atoms with van der Waals surface area (Å²) in [6, 6.07) is 12.5. The van der Waals surface area contributed by atoms with E-state index < -0.39 is 5.97 Å². The van der Waals surface area contributed by atoms with Crippen molar-refractivity contribution in [3.05, 3.63) is 48.5 Å². The molecule has 0 aliphatic carbocycles. The summed E-state index contributed by atoms with van der Waals surface area (Å²) in [7, 11) is 0. The molecule has 0 fully saturated rings. The number of nitrogens with zero attached hydrogens (tertiary/aromatic N) is 2. The van der Waals surface area contributed by atoms with Crippen LogP contribution in [0, 0.1) is 0 Å². The number of carbonyl (C=O) groups is 3. The molecule has 0 amide bonds. The Kier molecular flexibility index (Phi) is 19.7. The van der Waals surface area contributed by atoms with Gasteiger partial charge < -0.3 is 14.2 Å². The minimum Gasteiger partial charge on any atom is -0.462 e. The SMILES string of the molecule is CCCCCC[C@H](CCCCCCCCCCC(=O)Oc1ccc(N=C=O)cc1)OC(=O)CCC(=O)Oc1ccc(N=C=O)cc1. The third-order valence-corrected chi connectivity index (χ3v) is 7.35. The number of isocyanates is 2. The summed E-state index contributed by atoms with van der Waals surface area (Å²) in [6.07, 6.45) is 17.3. The first-order chi connectivity index (χ1) is 22.4. The van der Waals surface area contributed by atoms with Crippen LogP contribution in [0.1, 0.15) is 116 Å². The van der Waals surface area contributed by atoms with E-state index in [9.17, 15) is 24.0 Å². The number of rotatable bonds is 24. The van der Waals surface area contributed by atoms with E-state index in [4.69, 9.17) is 14.2 Å². The molecular formula is C36H46N2O8. The molecule has 0 radical (unpaired) electrons. The van der Waals surface area contributed by atoms with Gasteiger partial charge in [0.2, 0.25) is 12.2 Å². The van der Waals surface area contributed by atoms with Crippen LogP contribution < -0.4 is 9.47 Å². The van der Waals surface area contributed by atoms with Gasteiger partial charge in [0.25, 0.3) is 0 Å². The van der Waals surface area contributed by atoms with Crippen LogP contribution in [0.3, 0.4) is 0 Å². The summed E-state index contributed by atoms with van der Waals surface area (Å²) in [6.45, 7) is 2.16. The van der Waals surface area contributed by atoms with Crippen LogP contribution in [-0.2, 0) is 28.7 Å². The molecule has 0 N–H and O–H groups in total. The lowest BCUT2D eigenvalue weighted by Crippen LogP contribution is -2.20. The third-order valence-electron chi connectivity index (χ3n) is 7.35. The van der Waals surface area contributed by atoms with E-state index in [1.54, 1.807) is 24.3 Å². The highest BCUT2D eigenvalue weighted by Gasteiger charge is 2.16. The van der Waals surface area contributed by atoms with Gasteiger partial charge >= 0.3 is 17.9 Å². The monoisotopic (exact) mass is 634 g/mol. The predicted molar refractivity (Wildman–Crippen MR) is 174 cm³/mol. The maximum absolute atomic E-state index is 12.5. The Morgan fingerprint density at radius 1 is 0.565 bits per heavy atom. The fraction of sp³-hybridized carbons (Fsp3) is 0.528. The number of benzene rings is 2. The van der Waals surface area contributed by atoms with Crippen LogP contribution in [0.2, 0.25) is 0 Å². The van der Waals surface area contributed by atoms with Gasteiger partial charge in [-0.05, 0) is 80.6 Å². The zero-order chi connectivity index (χ0) is 33.2. The number of ether oxygens (including phenoxy) is 3. The van der Waals surface area contributed by atoms with Crippen molar-refractivity contribution in [1.29, 1.82) is 0 Å². The molecule has 0 saturated carbocycles. The van der Waals surface area contributed by atoms with Crippen molar-refractivity contribution in [3.63, 3.8) is 0 Å². The van der Waals surface area contributed by atoms with Crippen LogP contribution in [0.4, 0.5) is 11.4 Å². The molecule has 2 aromatic carbocycles. The third kappa shape index (κ3) is 17.8. The standard InChI is InChI=1S/C36H46N2O8/c1-2-3-4-11-14-31(44-35(42)25-26-36(43)46-33-23-19-30(20-24-33)38-28-40)15-12-9-7-5-6-8-10-13-16-34(41)45-32-21-17-29(18-22-32)37-27-39/h17-24,31H,2-16,25-26H2,1H3/t31-/m1/s1. The van der Waals surface area contributed by atoms with Gasteiger partial charge in [-0.25, -0.2) is 9.59 Å². The van der Waals surface area contributed by atoms with Crippen molar-refractivity contribution < 1.29 is 38.2 Å². The van der Waals surface area contributed by atoms with Crippen molar-refractivity contribution in [2.24, 2.45) is 9.98 Å². The predicted octanol–water partition coefficient (Wildman–Crippen LogP) is 8.70. The number of aliphatic imine (C=N–C) groups is 2. The van der Waals surface area contributed by atoms with Crippen molar-refractivity contribution in [2.45, 2.75) is 122 Å². The van der Waals surface area contributed by atoms with Gasteiger partial charge in [0.05, 0.1) is 24.2 Å². The molecule has 10 heteroatoms. The molecule has 248 valence electrons. The normalized spacial score (nSPS) is 11.1. The minimum absolute atomic E-state index is 0.0410. The van der Waals surface area contributed by atoms with E-state index in [0.29, 0.717) is 29.3 Å². The second-order valence-electron chi connectivity index (χ2n) is 11.2. The fourth-order valence-corrected chi connectivity index (χ4v) is 4.86. The first-order valence-electron chi connectivity index (χ1n) is 16.4. The van der Waals surface area contributed by atoms with E-state index in [2.05, 4.69) is 16.9 Å². The van der Waals surface area contributed by atoms with Crippen LogP contribution >= 0.6 is 0 Å². The first-order valence-corrected chi connectivity index (χ1v) is 16.4. The average Bonchev–Trinajstić information content (AvgIpc) is 3.05. The molecule has 0 aromatic heterocycles. The summed E-state index contributed by atoms with van der Waals surface area (Å²) >= 11 is 0. The molecule has 1 atom stereocenters. The zero-order valence-electron chi connectivity index (χ0n) is 26.9. The fourth-order valence-electron chi connectivity index (χ4n) is 4.86. The molecule has 0 saturated heterocycles. The topological polar surface area (TPSA) is 138 Å². The Morgan fingerprint density at radius 3 is 1.46 bits per heavy atom. The van der Waals surface area contributed by atoms with E-state index in [1.807, 2.05) is 0 Å². The minimum atomic E-state index is -0.530. The highest BCUT2D eigenvalue weighted by atomic mass is 16.5. The van der Waals surface area contributed by atoms with E-state index >= 15 is 0 Å². The van der Waals surface area contributed by atoms with Gasteiger partial charge in [-0.15, -0.1) is 0 Å². The van der Waals surface area contributed by atoms with Gasteiger partial charge in [-0.1, -0.05) is 64.7 Å². The largest absolute Gasteiger partial charge is 0.462 e. The average molecular weight is 635 g/mol. The Bertz CT molecular complexity index is 1280. The Hall–Kier alpha value is -4.39. The Morgan fingerprint density at radius 2 is 0.978 bits per heavy atom. The van der Waals surface area contributed by atoms with Crippen molar-refractivity contribution in [3.8, 4) is 11.5 Å². The van der Waals surface area contributed by atoms with Crippen LogP contribution in [0.5, 0.6) is 11.5 Å². The first kappa shape index (κ1) is 37.8. The maximum atomic E-state index is 12.5. The lowest BCUT2D eigenvalue weighted by Gasteiger charge is -2.18. The lowest BCUT2D eigenvalue weighted by molar-refractivity contribution is -0.152. The van der Waals surface area contributed by atoms with Gasteiger partial charge in [-0.2, -0.15) is 9.98 Å². The quantitative estimate of drug-likeness (QED) is 0.0367. The van der Waals surface area contributed by atoms with Gasteiger partial charge in [0.1, 0.15) is 17.6 Å². The van der Waals surface area contributed by atoms with Crippen LogP contribution in [-0.4, -0.2) is 36.2 Å². The molecule has 0 aliphatic rings. The second kappa shape index (κ2) is 23.9.